The van der Waals surface area contributed by atoms with Crippen LogP contribution in [0.3, 0.4) is 0 Å². The molecule has 0 bridgehead atoms. The van der Waals surface area contributed by atoms with E-state index < -0.39 is 23.6 Å². The number of fused-ring (bicyclic) bond motifs is 1. The number of rotatable bonds is 4. The van der Waals surface area contributed by atoms with Crippen LogP contribution in [-0.4, -0.2) is 48.1 Å². The van der Waals surface area contributed by atoms with Gasteiger partial charge in [-0.1, -0.05) is 27.2 Å². The number of esters is 2. The highest BCUT2D eigenvalue weighted by atomic mass is 16.5. The first-order valence-corrected chi connectivity index (χ1v) is 9.96. The lowest BCUT2D eigenvalue weighted by Gasteiger charge is -2.62. The van der Waals surface area contributed by atoms with Crippen molar-refractivity contribution in [1.29, 1.82) is 0 Å². The molecule has 1 heterocycles. The average molecular weight is 380 g/mol. The van der Waals surface area contributed by atoms with Gasteiger partial charge in [0.1, 0.15) is 6.10 Å². The lowest BCUT2D eigenvalue weighted by Crippen LogP contribution is -2.61. The number of aliphatic hydroxyl groups excluding tert-OH is 2. The molecular formula is C21H32O6. The molecule has 2 saturated carbocycles. The molecule has 3 rings (SSSR count). The minimum atomic E-state index is -0.575. The molecule has 0 spiro atoms. The SMILES string of the molecule is COC(=O)[C@@H]1CCC[C@@H]2[C@@](C)(C[C@@H]3OC(=O)C=C3CO)[C@H](C)C[C@H](O)[C@]21C. The molecule has 7 atom stereocenters. The quantitative estimate of drug-likeness (QED) is 0.727. The standard InChI is InChI=1S/C21H32O6/c1-12-8-17(23)21(3)14(19(25)26-4)6-5-7-16(21)20(12,2)10-15-13(11-22)9-18(24)27-15/h9,12,14-17,22-23H,5-8,10-11H2,1-4H3/t12-,14+,15+,16-,17+,20+,21+/m1/s1. The van der Waals surface area contributed by atoms with E-state index in [-0.39, 0.29) is 35.7 Å². The van der Waals surface area contributed by atoms with Gasteiger partial charge in [0.2, 0.25) is 0 Å². The summed E-state index contributed by atoms with van der Waals surface area (Å²) in [6.45, 7) is 6.14. The van der Waals surface area contributed by atoms with Crippen LogP contribution in [0.15, 0.2) is 11.6 Å². The molecule has 0 saturated heterocycles. The van der Waals surface area contributed by atoms with Crippen molar-refractivity contribution in [3.05, 3.63) is 11.6 Å². The third-order valence-corrected chi connectivity index (χ3v) is 7.97. The van der Waals surface area contributed by atoms with Crippen molar-refractivity contribution in [2.75, 3.05) is 13.7 Å². The lowest BCUT2D eigenvalue weighted by atomic mass is 9.43. The normalized spacial score (nSPS) is 44.3. The Morgan fingerprint density at radius 2 is 2.07 bits per heavy atom. The van der Waals surface area contributed by atoms with Crippen molar-refractivity contribution < 1.29 is 29.3 Å². The molecule has 2 fully saturated rings. The predicted octanol–water partition coefficient (Wildman–Crippen LogP) is 2.22. The lowest BCUT2D eigenvalue weighted by molar-refractivity contribution is -0.199. The van der Waals surface area contributed by atoms with Gasteiger partial charge in [0.25, 0.3) is 0 Å². The second-order valence-electron chi connectivity index (χ2n) is 9.09. The van der Waals surface area contributed by atoms with Crippen molar-refractivity contribution in [1.82, 2.24) is 0 Å². The molecule has 6 heteroatoms. The summed E-state index contributed by atoms with van der Waals surface area (Å²) in [5, 5.41) is 20.6. The maximum absolute atomic E-state index is 12.5. The smallest absolute Gasteiger partial charge is 0.331 e. The Balaban J connectivity index is 1.96. The van der Waals surface area contributed by atoms with Crippen molar-refractivity contribution >= 4 is 11.9 Å². The minimum Gasteiger partial charge on any atom is -0.469 e. The second kappa shape index (κ2) is 7.21. The summed E-state index contributed by atoms with van der Waals surface area (Å²) in [5.74, 6) is -0.694. The highest BCUT2D eigenvalue weighted by molar-refractivity contribution is 5.85. The van der Waals surface area contributed by atoms with E-state index in [1.54, 1.807) is 0 Å². The number of hydrogen-bond acceptors (Lipinski definition) is 6. The Kier molecular flexibility index (Phi) is 5.43. The van der Waals surface area contributed by atoms with Gasteiger partial charge in [-0.3, -0.25) is 4.79 Å². The van der Waals surface area contributed by atoms with Gasteiger partial charge in [0, 0.05) is 17.1 Å². The van der Waals surface area contributed by atoms with Gasteiger partial charge in [-0.2, -0.15) is 0 Å². The van der Waals surface area contributed by atoms with Gasteiger partial charge in [0.15, 0.2) is 0 Å². The zero-order valence-corrected chi connectivity index (χ0v) is 16.7. The summed E-state index contributed by atoms with van der Waals surface area (Å²) in [6, 6.07) is 0. The zero-order chi connectivity index (χ0) is 20.0. The van der Waals surface area contributed by atoms with Crippen LogP contribution in [0.2, 0.25) is 0 Å². The zero-order valence-electron chi connectivity index (χ0n) is 16.7. The van der Waals surface area contributed by atoms with Crippen LogP contribution >= 0.6 is 0 Å². The Labute approximate surface area is 160 Å². The monoisotopic (exact) mass is 380 g/mol. The van der Waals surface area contributed by atoms with Crippen molar-refractivity contribution in [2.24, 2.45) is 28.6 Å². The number of carbonyl (C=O) groups excluding carboxylic acids is 2. The molecule has 0 radical (unpaired) electrons. The van der Waals surface area contributed by atoms with Crippen LogP contribution in [0.1, 0.15) is 52.9 Å². The molecule has 0 aromatic rings. The largest absolute Gasteiger partial charge is 0.469 e. The highest BCUT2D eigenvalue weighted by Crippen LogP contribution is 2.63. The predicted molar refractivity (Wildman–Crippen MR) is 98.5 cm³/mol. The maximum Gasteiger partial charge on any atom is 0.331 e. The summed E-state index contributed by atoms with van der Waals surface area (Å²) >= 11 is 0. The van der Waals surface area contributed by atoms with Gasteiger partial charge >= 0.3 is 11.9 Å². The van der Waals surface area contributed by atoms with Crippen LogP contribution in [0.25, 0.3) is 0 Å². The highest BCUT2D eigenvalue weighted by Gasteiger charge is 2.62. The molecule has 152 valence electrons. The van der Waals surface area contributed by atoms with Gasteiger partial charge in [-0.15, -0.1) is 0 Å². The van der Waals surface area contributed by atoms with Crippen LogP contribution in [0, 0.1) is 28.6 Å². The fraction of sp³-hybridized carbons (Fsp3) is 0.810. The van der Waals surface area contributed by atoms with E-state index in [9.17, 15) is 19.8 Å². The van der Waals surface area contributed by atoms with E-state index in [4.69, 9.17) is 9.47 Å². The number of methoxy groups -OCH3 is 1. The Bertz CT molecular complexity index is 643. The van der Waals surface area contributed by atoms with Crippen molar-refractivity contribution in [3.63, 3.8) is 0 Å². The van der Waals surface area contributed by atoms with Crippen molar-refractivity contribution in [3.8, 4) is 0 Å². The Morgan fingerprint density at radius 1 is 1.37 bits per heavy atom. The van der Waals surface area contributed by atoms with Gasteiger partial charge < -0.3 is 19.7 Å². The van der Waals surface area contributed by atoms with E-state index in [0.717, 1.165) is 19.3 Å². The fourth-order valence-corrected chi connectivity index (χ4v) is 6.17. The number of carbonyl (C=O) groups is 2. The first-order chi connectivity index (χ1) is 12.7. The fourth-order valence-electron chi connectivity index (χ4n) is 6.17. The molecule has 1 aliphatic heterocycles. The minimum absolute atomic E-state index is 0.0980. The van der Waals surface area contributed by atoms with E-state index in [1.165, 1.54) is 13.2 Å². The molecule has 0 unspecified atom stereocenters. The van der Waals surface area contributed by atoms with E-state index in [0.29, 0.717) is 18.4 Å². The first-order valence-electron chi connectivity index (χ1n) is 9.96. The Hall–Kier alpha value is -1.40. The Morgan fingerprint density at radius 3 is 2.70 bits per heavy atom. The molecule has 6 nitrogen and oxygen atoms in total. The number of hydrogen-bond donors (Lipinski definition) is 2. The summed E-state index contributed by atoms with van der Waals surface area (Å²) in [4.78, 5) is 24.2. The summed E-state index contributed by atoms with van der Waals surface area (Å²) in [6.07, 6.45) is 4.10. The molecule has 3 aliphatic rings. The second-order valence-corrected chi connectivity index (χ2v) is 9.09. The third-order valence-electron chi connectivity index (χ3n) is 7.97. The molecule has 2 N–H and O–H groups in total. The molecule has 0 aromatic carbocycles. The van der Waals surface area contributed by atoms with Gasteiger partial charge in [-0.25, -0.2) is 4.79 Å². The molecule has 2 aliphatic carbocycles. The number of ether oxygens (including phenoxy) is 2. The van der Waals surface area contributed by atoms with Gasteiger partial charge in [0.05, 0.1) is 25.7 Å². The molecule has 0 amide bonds. The summed E-state index contributed by atoms with van der Waals surface area (Å²) in [7, 11) is 1.41. The van der Waals surface area contributed by atoms with Crippen LogP contribution in [-0.2, 0) is 19.1 Å². The third kappa shape index (κ3) is 3.11. The van der Waals surface area contributed by atoms with E-state index in [1.807, 2.05) is 6.92 Å². The molecule has 27 heavy (non-hydrogen) atoms. The summed E-state index contributed by atoms with van der Waals surface area (Å²) < 4.78 is 10.5. The average Bonchev–Trinajstić information content (AvgIpc) is 2.98. The topological polar surface area (TPSA) is 93.1 Å². The van der Waals surface area contributed by atoms with Gasteiger partial charge in [-0.05, 0) is 42.9 Å². The summed E-state index contributed by atoms with van der Waals surface area (Å²) in [5.41, 5.74) is -0.190. The van der Waals surface area contributed by atoms with E-state index in [2.05, 4.69) is 13.8 Å². The van der Waals surface area contributed by atoms with Crippen LogP contribution in [0.4, 0.5) is 0 Å². The molecule has 0 aromatic heterocycles. The van der Waals surface area contributed by atoms with Crippen molar-refractivity contribution in [2.45, 2.75) is 65.1 Å². The molecular weight excluding hydrogens is 348 g/mol. The number of cyclic esters (lactones) is 1. The first kappa shape index (κ1) is 20.3. The van der Waals surface area contributed by atoms with E-state index >= 15 is 0 Å². The number of aliphatic hydroxyl groups is 2. The van der Waals surface area contributed by atoms with Crippen LogP contribution in [0.5, 0.6) is 0 Å². The van der Waals surface area contributed by atoms with Crippen LogP contribution < -0.4 is 0 Å². The maximum atomic E-state index is 12.5.